The van der Waals surface area contributed by atoms with E-state index in [1.807, 2.05) is 34.6 Å². The van der Waals surface area contributed by atoms with Crippen LogP contribution >= 0.6 is 0 Å². The lowest BCUT2D eigenvalue weighted by Crippen LogP contribution is -2.43. The summed E-state index contributed by atoms with van der Waals surface area (Å²) < 4.78 is 27.4. The highest BCUT2D eigenvalue weighted by molar-refractivity contribution is 5.72. The number of aliphatic hydroxyl groups excluding tert-OH is 1. The van der Waals surface area contributed by atoms with Crippen molar-refractivity contribution in [1.82, 2.24) is 9.99 Å². The Hall–Kier alpha value is -2.26. The molecule has 9 heteroatoms. The Kier molecular flexibility index (Phi) is 16.3. The van der Waals surface area contributed by atoms with Crippen molar-refractivity contribution in [3.05, 3.63) is 29.2 Å². The second-order valence-corrected chi connectivity index (χ2v) is 6.93. The lowest BCUT2D eigenvalue weighted by Gasteiger charge is -2.35. The van der Waals surface area contributed by atoms with Crippen LogP contribution in [0, 0.1) is 0 Å². The molecule has 186 valence electrons. The zero-order valence-corrected chi connectivity index (χ0v) is 21.0. The maximum absolute atomic E-state index is 13.7. The van der Waals surface area contributed by atoms with E-state index in [4.69, 9.17) is 11.6 Å². The first kappa shape index (κ1) is 31.9. The predicted molar refractivity (Wildman–Crippen MR) is 129 cm³/mol. The summed E-state index contributed by atoms with van der Waals surface area (Å²) in [6, 6.07) is 3.44. The minimum absolute atomic E-state index is 0.0746. The van der Waals surface area contributed by atoms with Gasteiger partial charge in [0.05, 0.1) is 41.6 Å². The molecule has 0 amide bonds. The van der Waals surface area contributed by atoms with Crippen LogP contribution in [0.3, 0.4) is 0 Å². The summed E-state index contributed by atoms with van der Waals surface area (Å²) >= 11 is 0. The highest BCUT2D eigenvalue weighted by Gasteiger charge is 2.35. The number of carbonyl (C=O) groups excluding carboxylic acids is 1. The Morgan fingerprint density at radius 1 is 1.25 bits per heavy atom. The number of hydrogen-bond donors (Lipinski definition) is 3. The van der Waals surface area contributed by atoms with Crippen molar-refractivity contribution in [3.8, 4) is 0 Å². The summed E-state index contributed by atoms with van der Waals surface area (Å²) in [4.78, 5) is 15.6. The van der Waals surface area contributed by atoms with E-state index in [2.05, 4.69) is 4.98 Å². The van der Waals surface area contributed by atoms with E-state index in [9.17, 15) is 18.7 Å². The molecule has 1 aliphatic heterocycles. The fourth-order valence-electron chi connectivity index (χ4n) is 2.90. The Balaban J connectivity index is 0. The third kappa shape index (κ3) is 10.9. The van der Waals surface area contributed by atoms with E-state index in [0.717, 1.165) is 0 Å². The molecular weight excluding hydrogens is 416 g/mol. The van der Waals surface area contributed by atoms with Gasteiger partial charge in [-0.05, 0) is 38.8 Å². The van der Waals surface area contributed by atoms with Gasteiger partial charge in [0.1, 0.15) is 5.78 Å². The molecule has 1 fully saturated rings. The van der Waals surface area contributed by atoms with Crippen molar-refractivity contribution >= 4 is 17.2 Å². The van der Waals surface area contributed by atoms with Gasteiger partial charge in [0.15, 0.2) is 0 Å². The number of ketones is 1. The van der Waals surface area contributed by atoms with E-state index in [-0.39, 0.29) is 31.1 Å². The molecule has 0 atom stereocenters. The molecule has 7 nitrogen and oxygen atoms in total. The number of Topliss-reactive ketones (excluding diaryl/α,β-unsaturated/α-hetero) is 1. The van der Waals surface area contributed by atoms with Crippen LogP contribution in [0.25, 0.3) is 5.70 Å². The van der Waals surface area contributed by atoms with Crippen molar-refractivity contribution in [1.29, 1.82) is 0 Å². The number of nitrogens with two attached hydrogens (primary N) is 2. The predicted octanol–water partition coefficient (Wildman–Crippen LogP) is 3.95. The van der Waals surface area contributed by atoms with Crippen molar-refractivity contribution in [2.45, 2.75) is 73.7 Å². The molecule has 2 rings (SSSR count). The first-order valence-electron chi connectivity index (χ1n) is 11.2. The van der Waals surface area contributed by atoms with Gasteiger partial charge < -0.3 is 25.5 Å². The van der Waals surface area contributed by atoms with Crippen molar-refractivity contribution in [2.24, 2.45) is 11.6 Å². The van der Waals surface area contributed by atoms with Gasteiger partial charge in [-0.1, -0.05) is 34.6 Å². The number of pyridine rings is 1. The quantitative estimate of drug-likeness (QED) is 0.452. The second kappa shape index (κ2) is 16.4. The Bertz CT molecular complexity index is 706. The molecule has 0 saturated carbocycles. The van der Waals surface area contributed by atoms with Gasteiger partial charge >= 0.3 is 0 Å². The van der Waals surface area contributed by atoms with Crippen LogP contribution in [-0.2, 0) is 11.2 Å². The monoisotopic (exact) mass is 459 g/mol. The van der Waals surface area contributed by atoms with E-state index in [1.165, 1.54) is 18.9 Å². The number of likely N-dealkylation sites (N-methyl/N-ethyl adjacent to an activating group) is 1. The van der Waals surface area contributed by atoms with E-state index < -0.39 is 5.92 Å². The van der Waals surface area contributed by atoms with Gasteiger partial charge in [-0.15, -0.1) is 0 Å². The van der Waals surface area contributed by atoms with Crippen LogP contribution in [0.1, 0.15) is 72.7 Å². The molecule has 1 saturated heterocycles. The number of aromatic nitrogens is 1. The van der Waals surface area contributed by atoms with Crippen LogP contribution < -0.4 is 16.5 Å². The van der Waals surface area contributed by atoms with E-state index in [1.54, 1.807) is 24.1 Å². The first-order chi connectivity index (χ1) is 15.0. The Morgan fingerprint density at radius 2 is 1.78 bits per heavy atom. The highest BCUT2D eigenvalue weighted by Crippen LogP contribution is 2.32. The third-order valence-corrected chi connectivity index (χ3v) is 4.18. The largest absolute Gasteiger partial charge is 0.395 e. The van der Waals surface area contributed by atoms with Crippen LogP contribution in [0.2, 0.25) is 0 Å². The Labute approximate surface area is 192 Å². The minimum atomic E-state index is -2.67. The number of aliphatic hydroxyl groups is 1. The number of nitrogens with zero attached hydrogens (tertiary/aromatic N) is 3. The van der Waals surface area contributed by atoms with Crippen LogP contribution in [0.5, 0.6) is 0 Å². The number of piperidine rings is 1. The standard InChI is InChI=1S/C16H25F2N5O.C3H6O.2C2H6/c1-3-11-13(23-8-4-7-16(17,18)10-23)6-5-12(21-11)15(19)14(9-24)22(2)20;1-3(2)4;2*1-2/h5-6,24H,3-4,7-10,19-20H2,1-2H3;1-2H3;2*1-2H3/b15-14-;;;. The van der Waals surface area contributed by atoms with Gasteiger partial charge in [-0.2, -0.15) is 0 Å². The van der Waals surface area contributed by atoms with Crippen molar-refractivity contribution < 1.29 is 18.7 Å². The Morgan fingerprint density at radius 3 is 2.19 bits per heavy atom. The molecule has 1 aromatic heterocycles. The maximum Gasteiger partial charge on any atom is 0.265 e. The molecule has 0 radical (unpaired) electrons. The summed E-state index contributed by atoms with van der Waals surface area (Å²) in [6.45, 7) is 12.9. The molecular formula is C23H43F2N5O2. The van der Waals surface area contributed by atoms with Gasteiger partial charge in [0.2, 0.25) is 0 Å². The topological polar surface area (TPSA) is 109 Å². The maximum atomic E-state index is 13.7. The third-order valence-electron chi connectivity index (χ3n) is 4.18. The van der Waals surface area contributed by atoms with E-state index >= 15 is 0 Å². The molecule has 0 aromatic carbocycles. The molecule has 5 N–H and O–H groups in total. The average Bonchev–Trinajstić information content (AvgIpc) is 2.75. The molecule has 1 aromatic rings. The fraction of sp³-hybridized carbons (Fsp3) is 0.652. The smallest absolute Gasteiger partial charge is 0.265 e. The minimum Gasteiger partial charge on any atom is -0.395 e. The molecule has 32 heavy (non-hydrogen) atoms. The lowest BCUT2D eigenvalue weighted by atomic mass is 10.1. The summed E-state index contributed by atoms with van der Waals surface area (Å²) in [7, 11) is 1.57. The average molecular weight is 460 g/mol. The number of hydrazine groups is 1. The summed E-state index contributed by atoms with van der Waals surface area (Å²) in [5.74, 6) is 3.14. The molecule has 2 heterocycles. The van der Waals surface area contributed by atoms with Crippen LogP contribution in [-0.4, -0.2) is 53.5 Å². The first-order valence-corrected chi connectivity index (χ1v) is 11.2. The van der Waals surface area contributed by atoms with Crippen LogP contribution in [0.4, 0.5) is 14.5 Å². The molecule has 0 unspecified atom stereocenters. The normalized spacial score (nSPS) is 14.9. The van der Waals surface area contributed by atoms with Gasteiger partial charge in [0.25, 0.3) is 5.92 Å². The summed E-state index contributed by atoms with van der Waals surface area (Å²) in [5, 5.41) is 10.6. The second-order valence-electron chi connectivity index (χ2n) is 6.93. The zero-order chi connectivity index (χ0) is 25.5. The van der Waals surface area contributed by atoms with Crippen molar-refractivity contribution in [2.75, 3.05) is 31.6 Å². The number of rotatable bonds is 5. The summed E-state index contributed by atoms with van der Waals surface area (Å²) in [6.07, 6.45) is 0.965. The van der Waals surface area contributed by atoms with Gasteiger partial charge in [-0.3, -0.25) is 0 Å². The number of alkyl halides is 2. The number of hydrogen-bond acceptors (Lipinski definition) is 7. The SMILES string of the molecule is CC.CC.CC(C)=O.CCc1nc(/C(N)=C(\CO)N(C)N)ccc1N1CCCC(F)(F)C1. The molecule has 0 bridgehead atoms. The number of aryl methyl sites for hydroxylation is 1. The highest BCUT2D eigenvalue weighted by atomic mass is 19.3. The number of carbonyl (C=O) groups is 1. The van der Waals surface area contributed by atoms with Crippen LogP contribution in [0.15, 0.2) is 17.8 Å². The fourth-order valence-corrected chi connectivity index (χ4v) is 2.90. The molecule has 0 aliphatic carbocycles. The summed E-state index contributed by atoms with van der Waals surface area (Å²) in [5.41, 5.74) is 8.55. The van der Waals surface area contributed by atoms with E-state index in [0.29, 0.717) is 42.2 Å². The van der Waals surface area contributed by atoms with Gasteiger partial charge in [0, 0.05) is 20.0 Å². The zero-order valence-electron chi connectivity index (χ0n) is 21.0. The van der Waals surface area contributed by atoms with Crippen molar-refractivity contribution in [3.63, 3.8) is 0 Å². The number of anilines is 1. The molecule has 0 spiro atoms. The molecule has 1 aliphatic rings. The number of halogens is 2. The van der Waals surface area contributed by atoms with Gasteiger partial charge in [-0.25, -0.2) is 19.6 Å². The lowest BCUT2D eigenvalue weighted by molar-refractivity contribution is -0.115.